The molecule has 0 unspecified atom stereocenters. The molecule has 0 N–H and O–H groups in total. The lowest BCUT2D eigenvalue weighted by Crippen LogP contribution is -2.29. The van der Waals surface area contributed by atoms with E-state index in [2.05, 4.69) is 184 Å². The predicted octanol–water partition coefficient (Wildman–Crippen LogP) is 13.5. The van der Waals surface area contributed by atoms with Crippen LogP contribution < -0.4 is 0 Å². The maximum absolute atomic E-state index is 2.51. The Hall–Kier alpha value is -6.24. The SMILES string of the molecule is Cc1ccc(C2(c3ccc(C)cc3)c3ccc(-c4ccc5ccc6cccc7ccc4c5c67)cc3-c3c2c2ccccc2c2ccccc32)cc1. The smallest absolute Gasteiger partial charge is 0.0616 e. The quantitative estimate of drug-likeness (QED) is 0.168. The van der Waals surface area contributed by atoms with E-state index >= 15 is 0 Å². The molecule has 0 radical (unpaired) electrons. The Morgan fingerprint density at radius 2 is 0.922 bits per heavy atom. The van der Waals surface area contributed by atoms with Gasteiger partial charge in [0.2, 0.25) is 0 Å². The Bertz CT molecular complexity index is 2950. The van der Waals surface area contributed by atoms with Gasteiger partial charge in [0.25, 0.3) is 0 Å². The minimum absolute atomic E-state index is 0.503. The van der Waals surface area contributed by atoms with Crippen LogP contribution in [0.4, 0.5) is 0 Å². The number of fused-ring (bicyclic) bond motifs is 8. The second-order valence-electron chi connectivity index (χ2n) is 14.6. The molecule has 0 spiro atoms. The number of aryl methyl sites for hydroxylation is 2. The molecule has 0 atom stereocenters. The summed E-state index contributed by atoms with van der Waals surface area (Å²) in [4.78, 5) is 0. The van der Waals surface area contributed by atoms with Gasteiger partial charge in [0.05, 0.1) is 5.41 Å². The van der Waals surface area contributed by atoms with E-state index in [0.717, 1.165) is 0 Å². The van der Waals surface area contributed by atoms with Crippen molar-refractivity contribution in [1.82, 2.24) is 0 Å². The van der Waals surface area contributed by atoms with Crippen LogP contribution in [0.3, 0.4) is 0 Å². The fraction of sp³-hybridized carbons (Fsp3) is 0.0588. The molecule has 0 aliphatic heterocycles. The summed E-state index contributed by atoms with van der Waals surface area (Å²) in [5, 5.41) is 13.1. The molecule has 1 aliphatic carbocycles. The van der Waals surface area contributed by atoms with Crippen molar-refractivity contribution in [3.8, 4) is 22.3 Å². The zero-order chi connectivity index (χ0) is 33.8. The molecule has 0 heteroatoms. The normalized spacial score (nSPS) is 13.5. The number of hydrogen-bond donors (Lipinski definition) is 0. The van der Waals surface area contributed by atoms with Gasteiger partial charge < -0.3 is 0 Å². The Balaban J connectivity index is 1.31. The van der Waals surface area contributed by atoms with E-state index in [1.54, 1.807) is 0 Å². The molecule has 1 aliphatic rings. The number of hydrogen-bond acceptors (Lipinski definition) is 0. The first-order valence-electron chi connectivity index (χ1n) is 18.0. The highest BCUT2D eigenvalue weighted by molar-refractivity contribution is 6.26. The van der Waals surface area contributed by atoms with Gasteiger partial charge in [-0.2, -0.15) is 0 Å². The molecule has 0 saturated heterocycles. The van der Waals surface area contributed by atoms with Crippen LogP contribution in [0.2, 0.25) is 0 Å². The van der Waals surface area contributed by atoms with Crippen LogP contribution in [-0.4, -0.2) is 0 Å². The van der Waals surface area contributed by atoms with Gasteiger partial charge in [-0.1, -0.05) is 175 Å². The predicted molar refractivity (Wildman–Crippen MR) is 217 cm³/mol. The first kappa shape index (κ1) is 28.6. The fourth-order valence-corrected chi connectivity index (χ4v) is 9.55. The van der Waals surface area contributed by atoms with Crippen LogP contribution in [0.1, 0.15) is 33.4 Å². The molecule has 0 nitrogen and oxygen atoms in total. The molecular formula is C51H34. The van der Waals surface area contributed by atoms with Gasteiger partial charge in [-0.05, 0) is 118 Å². The average Bonchev–Trinajstić information content (AvgIpc) is 3.49. The Kier molecular flexibility index (Phi) is 5.82. The Labute approximate surface area is 297 Å². The Morgan fingerprint density at radius 3 is 1.59 bits per heavy atom. The van der Waals surface area contributed by atoms with Crippen LogP contribution in [0.15, 0.2) is 170 Å². The van der Waals surface area contributed by atoms with Crippen molar-refractivity contribution in [3.63, 3.8) is 0 Å². The van der Waals surface area contributed by atoms with Gasteiger partial charge in [-0.25, -0.2) is 0 Å². The van der Waals surface area contributed by atoms with E-state index in [0.29, 0.717) is 0 Å². The van der Waals surface area contributed by atoms with E-state index in [1.807, 2.05) is 0 Å². The highest BCUT2D eigenvalue weighted by atomic mass is 14.5. The second-order valence-corrected chi connectivity index (χ2v) is 14.6. The van der Waals surface area contributed by atoms with E-state index < -0.39 is 5.41 Å². The van der Waals surface area contributed by atoms with E-state index in [4.69, 9.17) is 0 Å². The molecule has 0 saturated carbocycles. The topological polar surface area (TPSA) is 0 Å². The second kappa shape index (κ2) is 10.4. The third kappa shape index (κ3) is 3.80. The molecule has 0 aromatic heterocycles. The van der Waals surface area contributed by atoms with Crippen LogP contribution in [-0.2, 0) is 5.41 Å². The van der Waals surface area contributed by atoms with Crippen LogP contribution in [0.5, 0.6) is 0 Å². The third-order valence-electron chi connectivity index (χ3n) is 11.8. The maximum Gasteiger partial charge on any atom is 0.0719 e. The standard InChI is InChI=1S/C51H34/c1-31-14-23-37(24-15-31)51(38-25-16-32(2)17-26-38)46-29-22-36(39-27-20-35-19-18-33-8-7-9-34-21-28-43(39)48(35)47(33)34)30-45(46)49-42-12-5-3-10-40(42)41-11-4-6-13-44(41)50(49)51/h3-30H,1-2H3. The summed E-state index contributed by atoms with van der Waals surface area (Å²) in [5.41, 5.74) is 12.5. The molecule has 11 rings (SSSR count). The molecule has 238 valence electrons. The van der Waals surface area contributed by atoms with Gasteiger partial charge in [0.15, 0.2) is 0 Å². The van der Waals surface area contributed by atoms with Gasteiger partial charge in [0, 0.05) is 0 Å². The zero-order valence-corrected chi connectivity index (χ0v) is 28.7. The van der Waals surface area contributed by atoms with Crippen molar-refractivity contribution in [2.45, 2.75) is 19.3 Å². The number of benzene rings is 10. The van der Waals surface area contributed by atoms with Crippen LogP contribution >= 0.6 is 0 Å². The summed E-state index contributed by atoms with van der Waals surface area (Å²) in [6.07, 6.45) is 0. The maximum atomic E-state index is 2.51. The zero-order valence-electron chi connectivity index (χ0n) is 28.7. The van der Waals surface area contributed by atoms with Crippen molar-refractivity contribution in [3.05, 3.63) is 203 Å². The largest absolute Gasteiger partial charge is 0.0719 e. The summed E-state index contributed by atoms with van der Waals surface area (Å²) in [6, 6.07) is 64.5. The molecule has 10 aromatic carbocycles. The number of rotatable bonds is 3. The van der Waals surface area contributed by atoms with E-state index in [9.17, 15) is 0 Å². The monoisotopic (exact) mass is 646 g/mol. The Morgan fingerprint density at radius 1 is 0.373 bits per heavy atom. The van der Waals surface area contributed by atoms with Gasteiger partial charge in [-0.3, -0.25) is 0 Å². The summed E-state index contributed by atoms with van der Waals surface area (Å²) in [7, 11) is 0. The van der Waals surface area contributed by atoms with E-state index in [1.165, 1.54) is 109 Å². The summed E-state index contributed by atoms with van der Waals surface area (Å²) < 4.78 is 0. The van der Waals surface area contributed by atoms with E-state index in [-0.39, 0.29) is 0 Å². The first-order valence-corrected chi connectivity index (χ1v) is 18.0. The van der Waals surface area contributed by atoms with Gasteiger partial charge >= 0.3 is 0 Å². The molecule has 0 heterocycles. The van der Waals surface area contributed by atoms with Gasteiger partial charge in [-0.15, -0.1) is 0 Å². The lowest BCUT2D eigenvalue weighted by atomic mass is 9.66. The fourth-order valence-electron chi connectivity index (χ4n) is 9.55. The molecule has 0 bridgehead atoms. The third-order valence-corrected chi connectivity index (χ3v) is 11.8. The van der Waals surface area contributed by atoms with Crippen molar-refractivity contribution in [1.29, 1.82) is 0 Å². The van der Waals surface area contributed by atoms with Gasteiger partial charge in [0.1, 0.15) is 0 Å². The molecule has 0 fully saturated rings. The lowest BCUT2D eigenvalue weighted by molar-refractivity contribution is 0.775. The molecule has 0 amide bonds. The van der Waals surface area contributed by atoms with Crippen LogP contribution in [0, 0.1) is 13.8 Å². The van der Waals surface area contributed by atoms with Crippen molar-refractivity contribution in [2.24, 2.45) is 0 Å². The van der Waals surface area contributed by atoms with Crippen molar-refractivity contribution >= 4 is 53.9 Å². The van der Waals surface area contributed by atoms with Crippen LogP contribution in [0.25, 0.3) is 76.1 Å². The molecular weight excluding hydrogens is 613 g/mol. The summed E-state index contributed by atoms with van der Waals surface area (Å²) in [5.74, 6) is 0. The minimum Gasteiger partial charge on any atom is -0.0616 e. The first-order chi connectivity index (χ1) is 25.1. The lowest BCUT2D eigenvalue weighted by Gasteiger charge is -2.35. The van der Waals surface area contributed by atoms with Crippen molar-refractivity contribution < 1.29 is 0 Å². The van der Waals surface area contributed by atoms with Crippen molar-refractivity contribution in [2.75, 3.05) is 0 Å². The highest BCUT2D eigenvalue weighted by Crippen LogP contribution is 2.61. The average molecular weight is 647 g/mol. The summed E-state index contributed by atoms with van der Waals surface area (Å²) >= 11 is 0. The summed E-state index contributed by atoms with van der Waals surface area (Å²) in [6.45, 7) is 4.37. The minimum atomic E-state index is -0.503. The highest BCUT2D eigenvalue weighted by Gasteiger charge is 2.48. The molecule has 10 aromatic rings. The molecule has 51 heavy (non-hydrogen) atoms.